The number of carboxylic acids is 1. The van der Waals surface area contributed by atoms with Crippen molar-refractivity contribution in [1.82, 2.24) is 15.2 Å². The molecule has 0 radical (unpaired) electrons. The summed E-state index contributed by atoms with van der Waals surface area (Å²) in [5.41, 5.74) is 5.71. The lowest BCUT2D eigenvalue weighted by Crippen LogP contribution is -2.73. The lowest BCUT2D eigenvalue weighted by atomic mass is 9.94. The number of aromatic nitrogens is 1. The van der Waals surface area contributed by atoms with Gasteiger partial charge in [-0.15, -0.1) is 23.1 Å². The Balaban J connectivity index is 1.79. The predicted molar refractivity (Wildman–Crippen MR) is 100 cm³/mol. The van der Waals surface area contributed by atoms with Gasteiger partial charge in [0.05, 0.1) is 6.04 Å². The van der Waals surface area contributed by atoms with Gasteiger partial charge in [0.2, 0.25) is 0 Å². The predicted octanol–water partition coefficient (Wildman–Crippen LogP) is 0.224. The van der Waals surface area contributed by atoms with Crippen molar-refractivity contribution in [2.24, 2.45) is 5.16 Å². The van der Waals surface area contributed by atoms with Gasteiger partial charge >= 0.3 is 5.97 Å². The molecule has 3 rings (SSSR count). The molecule has 3 heterocycles. The van der Waals surface area contributed by atoms with Crippen molar-refractivity contribution >= 4 is 51.7 Å². The van der Waals surface area contributed by atoms with Crippen LogP contribution in [0.3, 0.4) is 0 Å². The second-order valence-corrected chi connectivity index (χ2v) is 7.67. The number of β-lactam (4-membered cyclic amide) rings is 1. The van der Waals surface area contributed by atoms with E-state index >= 15 is 0 Å². The van der Waals surface area contributed by atoms with Crippen LogP contribution in [-0.4, -0.2) is 63.4 Å². The SMILES string of the molecule is CCC1=C(C(=O)O)N2C(=O)C(NC(=O)C(=NOC)c3csc(N)n3)C2CS1. The number of hydrogen-bond acceptors (Lipinski definition) is 9. The third-order valence-electron chi connectivity index (χ3n) is 4.13. The van der Waals surface area contributed by atoms with Gasteiger partial charge in [-0.1, -0.05) is 12.1 Å². The largest absolute Gasteiger partial charge is 0.477 e. The first-order valence-corrected chi connectivity index (χ1v) is 9.81. The first-order valence-electron chi connectivity index (χ1n) is 7.94. The maximum atomic E-state index is 12.6. The second kappa shape index (κ2) is 7.56. The van der Waals surface area contributed by atoms with Crippen LogP contribution in [0.1, 0.15) is 19.0 Å². The molecule has 0 saturated carbocycles. The van der Waals surface area contributed by atoms with Crippen LogP contribution in [0.2, 0.25) is 0 Å². The number of thiazole rings is 1. The van der Waals surface area contributed by atoms with Crippen molar-refractivity contribution in [3.05, 3.63) is 21.7 Å². The van der Waals surface area contributed by atoms with Crippen LogP contribution in [0, 0.1) is 0 Å². The molecule has 12 heteroatoms. The van der Waals surface area contributed by atoms with Crippen LogP contribution >= 0.6 is 23.1 Å². The van der Waals surface area contributed by atoms with E-state index in [0.29, 0.717) is 17.1 Å². The van der Waals surface area contributed by atoms with Crippen LogP contribution in [0.15, 0.2) is 21.1 Å². The number of oxime groups is 1. The average Bonchev–Trinajstić information content (AvgIpc) is 3.08. The lowest BCUT2D eigenvalue weighted by Gasteiger charge is -2.49. The fraction of sp³-hybridized carbons (Fsp3) is 0.400. The topological polar surface area (TPSA) is 147 Å². The Morgan fingerprint density at radius 2 is 2.30 bits per heavy atom. The summed E-state index contributed by atoms with van der Waals surface area (Å²) in [6.07, 6.45) is 0.524. The molecule has 2 aliphatic rings. The summed E-state index contributed by atoms with van der Waals surface area (Å²) in [6, 6.07) is -1.27. The molecule has 1 saturated heterocycles. The quantitative estimate of drug-likeness (QED) is 0.342. The first kappa shape index (κ1) is 19.2. The molecule has 10 nitrogen and oxygen atoms in total. The number of amides is 2. The number of anilines is 1. The molecule has 2 amide bonds. The minimum Gasteiger partial charge on any atom is -0.477 e. The molecule has 0 bridgehead atoms. The van der Waals surface area contributed by atoms with E-state index in [1.807, 2.05) is 6.92 Å². The Labute approximate surface area is 162 Å². The summed E-state index contributed by atoms with van der Waals surface area (Å²) in [5.74, 6) is -1.77. The Hall–Kier alpha value is -2.60. The number of carbonyl (C=O) groups is 3. The van der Waals surface area contributed by atoms with E-state index < -0.39 is 29.9 Å². The van der Waals surface area contributed by atoms with Crippen LogP contribution in [-0.2, 0) is 19.2 Å². The third-order valence-corrected chi connectivity index (χ3v) is 6.14. The van der Waals surface area contributed by atoms with E-state index in [9.17, 15) is 19.5 Å². The van der Waals surface area contributed by atoms with Crippen molar-refractivity contribution in [2.75, 3.05) is 18.6 Å². The van der Waals surface area contributed by atoms with Gasteiger partial charge in [0.1, 0.15) is 24.5 Å². The van der Waals surface area contributed by atoms with E-state index in [1.165, 1.54) is 23.8 Å². The maximum Gasteiger partial charge on any atom is 0.353 e. The fourth-order valence-electron chi connectivity index (χ4n) is 2.93. The number of carboxylic acid groups (broad SMARTS) is 1. The Morgan fingerprint density at radius 1 is 1.56 bits per heavy atom. The summed E-state index contributed by atoms with van der Waals surface area (Å²) < 4.78 is 0. The summed E-state index contributed by atoms with van der Waals surface area (Å²) in [6.45, 7) is 1.84. The number of allylic oxidation sites excluding steroid dienone is 1. The van der Waals surface area contributed by atoms with Crippen molar-refractivity contribution in [1.29, 1.82) is 0 Å². The first-order chi connectivity index (χ1) is 12.9. The molecule has 1 fully saturated rings. The van der Waals surface area contributed by atoms with Crippen molar-refractivity contribution in [3.8, 4) is 0 Å². The maximum absolute atomic E-state index is 12.6. The van der Waals surface area contributed by atoms with Crippen molar-refractivity contribution in [3.63, 3.8) is 0 Å². The van der Waals surface area contributed by atoms with Gasteiger partial charge in [0, 0.05) is 16.0 Å². The minimum atomic E-state index is -1.15. The number of aliphatic carboxylic acids is 1. The number of hydrogen-bond donors (Lipinski definition) is 3. The Bertz CT molecular complexity index is 865. The number of thioether (sulfide) groups is 1. The summed E-state index contributed by atoms with van der Waals surface area (Å²) >= 11 is 2.53. The van der Waals surface area contributed by atoms with Crippen LogP contribution in [0.25, 0.3) is 0 Å². The zero-order chi connectivity index (χ0) is 19.7. The van der Waals surface area contributed by atoms with E-state index in [-0.39, 0.29) is 22.2 Å². The zero-order valence-corrected chi connectivity index (χ0v) is 16.1. The summed E-state index contributed by atoms with van der Waals surface area (Å²) in [7, 11) is 1.28. The highest BCUT2D eigenvalue weighted by Gasteiger charge is 2.53. The van der Waals surface area contributed by atoms with Crippen LogP contribution in [0.5, 0.6) is 0 Å². The average molecular weight is 411 g/mol. The van der Waals surface area contributed by atoms with E-state index in [1.54, 1.807) is 5.38 Å². The molecular formula is C15H17N5O5S2. The fourth-order valence-corrected chi connectivity index (χ4v) is 4.72. The van der Waals surface area contributed by atoms with Gasteiger partial charge in [-0.2, -0.15) is 0 Å². The number of carbonyl (C=O) groups excluding carboxylic acids is 2. The van der Waals surface area contributed by atoms with E-state index in [0.717, 1.165) is 11.3 Å². The zero-order valence-electron chi connectivity index (χ0n) is 14.5. The third kappa shape index (κ3) is 3.37. The molecule has 2 aliphatic heterocycles. The number of nitrogens with one attached hydrogen (secondary N) is 1. The van der Waals surface area contributed by atoms with Gasteiger partial charge in [-0.3, -0.25) is 14.5 Å². The second-order valence-electron chi connectivity index (χ2n) is 5.66. The molecule has 4 N–H and O–H groups in total. The molecule has 2 atom stereocenters. The number of rotatable bonds is 6. The van der Waals surface area contributed by atoms with E-state index in [4.69, 9.17) is 10.6 Å². The molecule has 27 heavy (non-hydrogen) atoms. The lowest BCUT2D eigenvalue weighted by molar-refractivity contribution is -0.153. The van der Waals surface area contributed by atoms with E-state index in [2.05, 4.69) is 15.5 Å². The number of fused-ring (bicyclic) bond motifs is 1. The molecule has 1 aromatic heterocycles. The van der Waals surface area contributed by atoms with Crippen LogP contribution in [0.4, 0.5) is 5.13 Å². The van der Waals surface area contributed by atoms with Gasteiger partial charge in [-0.05, 0) is 6.42 Å². The standard InChI is InChI=1S/C15H17N5O5S2/c1-3-8-11(14(23)24)20-7(5-26-8)10(13(20)22)18-12(21)9(19-25-2)6-4-27-15(16)17-6/h4,7,10H,3,5H2,1-2H3,(H2,16,17)(H,18,21)(H,23,24). The number of nitrogen functional groups attached to an aromatic ring is 1. The number of nitrogens with two attached hydrogens (primary N) is 1. The normalized spacial score (nSPS) is 22.2. The molecule has 1 aromatic rings. The van der Waals surface area contributed by atoms with Gasteiger partial charge in [0.15, 0.2) is 10.8 Å². The monoisotopic (exact) mass is 411 g/mol. The Kier molecular flexibility index (Phi) is 5.37. The van der Waals surface area contributed by atoms with Crippen molar-refractivity contribution < 1.29 is 24.3 Å². The molecule has 2 unspecified atom stereocenters. The van der Waals surface area contributed by atoms with Gasteiger partial charge < -0.3 is 21.0 Å². The highest BCUT2D eigenvalue weighted by Crippen LogP contribution is 2.40. The highest BCUT2D eigenvalue weighted by atomic mass is 32.2. The molecule has 0 aliphatic carbocycles. The van der Waals surface area contributed by atoms with Gasteiger partial charge in [-0.25, -0.2) is 9.78 Å². The minimum absolute atomic E-state index is 0.00712. The molecular weight excluding hydrogens is 394 g/mol. The summed E-state index contributed by atoms with van der Waals surface area (Å²) in [5, 5.41) is 17.5. The Morgan fingerprint density at radius 3 is 2.85 bits per heavy atom. The number of nitrogens with zero attached hydrogens (tertiary/aromatic N) is 3. The summed E-state index contributed by atoms with van der Waals surface area (Å²) in [4.78, 5) is 47.3. The molecule has 144 valence electrons. The highest BCUT2D eigenvalue weighted by molar-refractivity contribution is 8.03. The van der Waals surface area contributed by atoms with Gasteiger partial charge in [0.25, 0.3) is 11.8 Å². The van der Waals surface area contributed by atoms with Crippen molar-refractivity contribution in [2.45, 2.75) is 25.4 Å². The van der Waals surface area contributed by atoms with Crippen LogP contribution < -0.4 is 11.1 Å². The smallest absolute Gasteiger partial charge is 0.353 e. The molecule has 0 spiro atoms. The molecule has 0 aromatic carbocycles.